The molecule has 1 rings (SSSR count). The van der Waals surface area contributed by atoms with Crippen molar-refractivity contribution < 1.29 is 4.39 Å². The van der Waals surface area contributed by atoms with Crippen LogP contribution >= 0.6 is 0 Å². The molecular formula is C14H23FN2. The molecule has 0 spiro atoms. The quantitative estimate of drug-likeness (QED) is 0.852. The first-order valence-electron chi connectivity index (χ1n) is 6.22. The zero-order chi connectivity index (χ0) is 13.0. The third-order valence-electron chi connectivity index (χ3n) is 3.18. The fourth-order valence-electron chi connectivity index (χ4n) is 2.00. The molecule has 0 aliphatic carbocycles. The Morgan fingerprint density at radius 3 is 2.53 bits per heavy atom. The molecule has 2 N–H and O–H groups in total. The first-order chi connectivity index (χ1) is 7.97. The summed E-state index contributed by atoms with van der Waals surface area (Å²) >= 11 is 0. The Kier molecular flexibility index (Phi) is 4.94. The maximum Gasteiger partial charge on any atom is 0.130 e. The number of hydrogen-bond acceptors (Lipinski definition) is 2. The molecule has 96 valence electrons. The fraction of sp³-hybridized carbons (Fsp3) is 0.571. The number of nitrogens with zero attached hydrogens (tertiary/aromatic N) is 1. The minimum absolute atomic E-state index is 0.214. The summed E-state index contributed by atoms with van der Waals surface area (Å²) in [5.74, 6) is 0.373. The predicted octanol–water partition coefficient (Wildman–Crippen LogP) is 3.33. The molecule has 17 heavy (non-hydrogen) atoms. The van der Waals surface area contributed by atoms with Gasteiger partial charge in [0.1, 0.15) is 5.82 Å². The predicted molar refractivity (Wildman–Crippen MR) is 71.7 cm³/mol. The van der Waals surface area contributed by atoms with E-state index in [1.54, 1.807) is 6.07 Å². The summed E-state index contributed by atoms with van der Waals surface area (Å²) in [6.07, 6.45) is 1.12. The van der Waals surface area contributed by atoms with E-state index >= 15 is 0 Å². The van der Waals surface area contributed by atoms with Crippen molar-refractivity contribution in [1.29, 1.82) is 0 Å². The van der Waals surface area contributed by atoms with Crippen LogP contribution in [-0.4, -0.2) is 13.6 Å². The number of benzene rings is 1. The second-order valence-electron chi connectivity index (χ2n) is 4.86. The van der Waals surface area contributed by atoms with Gasteiger partial charge in [-0.25, -0.2) is 4.39 Å². The van der Waals surface area contributed by atoms with Crippen LogP contribution < -0.4 is 10.6 Å². The normalized spacial score (nSPS) is 14.5. The third kappa shape index (κ3) is 3.43. The highest BCUT2D eigenvalue weighted by Gasteiger charge is 2.16. The molecule has 0 radical (unpaired) electrons. The Morgan fingerprint density at radius 1 is 1.35 bits per heavy atom. The van der Waals surface area contributed by atoms with Gasteiger partial charge in [-0.05, 0) is 25.0 Å². The first kappa shape index (κ1) is 14.0. The average molecular weight is 238 g/mol. The first-order valence-corrected chi connectivity index (χ1v) is 6.22. The second kappa shape index (κ2) is 6.01. The molecule has 0 bridgehead atoms. The van der Waals surface area contributed by atoms with E-state index in [1.165, 1.54) is 6.07 Å². The van der Waals surface area contributed by atoms with E-state index in [4.69, 9.17) is 5.73 Å². The van der Waals surface area contributed by atoms with Crippen LogP contribution in [0.4, 0.5) is 10.1 Å². The van der Waals surface area contributed by atoms with Gasteiger partial charge in [0.2, 0.25) is 0 Å². The van der Waals surface area contributed by atoms with E-state index in [0.29, 0.717) is 11.5 Å². The van der Waals surface area contributed by atoms with Gasteiger partial charge in [0.25, 0.3) is 0 Å². The highest BCUT2D eigenvalue weighted by Crippen LogP contribution is 2.27. The van der Waals surface area contributed by atoms with E-state index in [2.05, 4.69) is 18.7 Å². The molecule has 0 aliphatic heterocycles. The molecular weight excluding hydrogens is 215 g/mol. The molecule has 0 amide bonds. The maximum absolute atomic E-state index is 13.8. The molecule has 0 saturated carbocycles. The van der Waals surface area contributed by atoms with Crippen molar-refractivity contribution in [1.82, 2.24) is 0 Å². The number of hydrogen-bond donors (Lipinski definition) is 1. The van der Waals surface area contributed by atoms with Crippen LogP contribution in [0.1, 0.15) is 38.8 Å². The molecule has 2 nitrogen and oxygen atoms in total. The summed E-state index contributed by atoms with van der Waals surface area (Å²) in [4.78, 5) is 2.09. The van der Waals surface area contributed by atoms with Crippen molar-refractivity contribution in [3.63, 3.8) is 0 Å². The SMILES string of the molecule is CCC(C)CN(C)c1cccc(F)c1[C@@H](C)N. The standard InChI is InChI=1S/C14H23FN2/c1-5-10(2)9-17(4)13-8-6-7-12(15)14(13)11(3)16/h6-8,10-11H,5,9,16H2,1-4H3/t10?,11-/m1/s1. The topological polar surface area (TPSA) is 29.3 Å². The molecule has 3 heteroatoms. The van der Waals surface area contributed by atoms with Crippen molar-refractivity contribution in [3.05, 3.63) is 29.6 Å². The van der Waals surface area contributed by atoms with Crippen molar-refractivity contribution in [2.24, 2.45) is 11.7 Å². The second-order valence-corrected chi connectivity index (χ2v) is 4.86. The van der Waals surface area contributed by atoms with Crippen LogP contribution in [0.15, 0.2) is 18.2 Å². The molecule has 1 unspecified atom stereocenters. The van der Waals surface area contributed by atoms with Gasteiger partial charge in [0.15, 0.2) is 0 Å². The molecule has 0 aliphatic rings. The Morgan fingerprint density at radius 2 is 2.00 bits per heavy atom. The lowest BCUT2D eigenvalue weighted by Gasteiger charge is -2.26. The number of halogens is 1. The zero-order valence-electron chi connectivity index (χ0n) is 11.2. The lowest BCUT2D eigenvalue weighted by Crippen LogP contribution is -2.26. The van der Waals surface area contributed by atoms with Crippen molar-refractivity contribution in [2.75, 3.05) is 18.5 Å². The Hall–Kier alpha value is -1.09. The fourth-order valence-corrected chi connectivity index (χ4v) is 2.00. The Balaban J connectivity index is 3.00. The van der Waals surface area contributed by atoms with Gasteiger partial charge in [-0.2, -0.15) is 0 Å². The van der Waals surface area contributed by atoms with Crippen LogP contribution in [-0.2, 0) is 0 Å². The van der Waals surface area contributed by atoms with E-state index in [9.17, 15) is 4.39 Å². The summed E-state index contributed by atoms with van der Waals surface area (Å²) in [5.41, 5.74) is 7.36. The van der Waals surface area contributed by atoms with Crippen molar-refractivity contribution >= 4 is 5.69 Å². The average Bonchev–Trinajstić information content (AvgIpc) is 2.27. The van der Waals surface area contributed by atoms with Gasteiger partial charge >= 0.3 is 0 Å². The third-order valence-corrected chi connectivity index (χ3v) is 3.18. The van der Waals surface area contributed by atoms with Gasteiger partial charge in [-0.3, -0.25) is 0 Å². The molecule has 0 heterocycles. The summed E-state index contributed by atoms with van der Waals surface area (Å²) in [6.45, 7) is 7.09. The highest BCUT2D eigenvalue weighted by molar-refractivity contribution is 5.55. The van der Waals surface area contributed by atoms with Gasteiger partial charge in [-0.1, -0.05) is 26.3 Å². The minimum atomic E-state index is -0.286. The molecule has 1 aromatic rings. The van der Waals surface area contributed by atoms with Gasteiger partial charge in [0, 0.05) is 30.9 Å². The van der Waals surface area contributed by atoms with Gasteiger partial charge in [0.05, 0.1) is 0 Å². The summed E-state index contributed by atoms with van der Waals surface area (Å²) < 4.78 is 13.8. The number of nitrogens with two attached hydrogens (primary N) is 1. The monoisotopic (exact) mass is 238 g/mol. The van der Waals surface area contributed by atoms with E-state index in [1.807, 2.05) is 20.0 Å². The van der Waals surface area contributed by atoms with Crippen molar-refractivity contribution in [2.45, 2.75) is 33.2 Å². The lowest BCUT2D eigenvalue weighted by molar-refractivity contribution is 0.553. The number of rotatable bonds is 5. The molecule has 1 aromatic carbocycles. The van der Waals surface area contributed by atoms with Gasteiger partial charge in [-0.15, -0.1) is 0 Å². The van der Waals surface area contributed by atoms with E-state index in [0.717, 1.165) is 18.7 Å². The van der Waals surface area contributed by atoms with Crippen LogP contribution in [0.2, 0.25) is 0 Å². The summed E-state index contributed by atoms with van der Waals surface area (Å²) in [5, 5.41) is 0. The Labute approximate surface area is 104 Å². The van der Waals surface area contributed by atoms with Crippen LogP contribution in [0.5, 0.6) is 0 Å². The minimum Gasteiger partial charge on any atom is -0.374 e. The Bertz CT molecular complexity index is 363. The van der Waals surface area contributed by atoms with Crippen molar-refractivity contribution in [3.8, 4) is 0 Å². The highest BCUT2D eigenvalue weighted by atomic mass is 19.1. The molecule has 2 atom stereocenters. The van der Waals surface area contributed by atoms with Gasteiger partial charge < -0.3 is 10.6 Å². The molecule has 0 saturated heterocycles. The summed E-state index contributed by atoms with van der Waals surface area (Å²) in [7, 11) is 1.99. The van der Waals surface area contributed by atoms with Crippen LogP contribution in [0, 0.1) is 11.7 Å². The van der Waals surface area contributed by atoms with E-state index < -0.39 is 0 Å². The molecule has 0 fully saturated rings. The molecule has 0 aromatic heterocycles. The largest absolute Gasteiger partial charge is 0.374 e. The maximum atomic E-state index is 13.8. The van der Waals surface area contributed by atoms with Crippen LogP contribution in [0.3, 0.4) is 0 Å². The number of anilines is 1. The van der Waals surface area contributed by atoms with E-state index in [-0.39, 0.29) is 11.9 Å². The lowest BCUT2D eigenvalue weighted by atomic mass is 10.0. The van der Waals surface area contributed by atoms with Crippen LogP contribution in [0.25, 0.3) is 0 Å². The zero-order valence-corrected chi connectivity index (χ0v) is 11.2. The smallest absolute Gasteiger partial charge is 0.130 e. The summed E-state index contributed by atoms with van der Waals surface area (Å²) in [6, 6.07) is 4.86.